The van der Waals surface area contributed by atoms with Gasteiger partial charge < -0.3 is 20.1 Å². The van der Waals surface area contributed by atoms with Crippen molar-refractivity contribution in [1.82, 2.24) is 4.90 Å². The van der Waals surface area contributed by atoms with E-state index in [1.807, 2.05) is 71.4 Å². The zero-order valence-corrected chi connectivity index (χ0v) is 25.9. The molecular weight excluding hydrogens is 596 g/mol. The van der Waals surface area contributed by atoms with Crippen molar-refractivity contribution in [3.63, 3.8) is 0 Å². The molecule has 0 fully saturated rings. The second kappa shape index (κ2) is 16.0. The van der Waals surface area contributed by atoms with Crippen LogP contribution in [0.15, 0.2) is 132 Å². The van der Waals surface area contributed by atoms with Crippen LogP contribution in [-0.4, -0.2) is 46.9 Å². The predicted octanol–water partition coefficient (Wildman–Crippen LogP) is 7.21. The summed E-state index contributed by atoms with van der Waals surface area (Å²) >= 11 is 1.58. The number of amides is 1. The smallest absolute Gasteiger partial charge is 0.326 e. The first-order valence-electron chi connectivity index (χ1n) is 14.9. The second-order valence-electron chi connectivity index (χ2n) is 10.6. The fourth-order valence-electron chi connectivity index (χ4n) is 4.88. The number of hydrogen-bond donors (Lipinski definition) is 2. The van der Waals surface area contributed by atoms with Gasteiger partial charge in [-0.1, -0.05) is 84.9 Å². The van der Waals surface area contributed by atoms with Crippen LogP contribution in [0.1, 0.15) is 32.6 Å². The van der Waals surface area contributed by atoms with Crippen LogP contribution in [0.2, 0.25) is 0 Å². The van der Waals surface area contributed by atoms with E-state index in [0.29, 0.717) is 35.7 Å². The number of rotatable bonds is 15. The maximum atomic E-state index is 13.1. The molecule has 8 heteroatoms. The Hall–Kier alpha value is -5.47. The van der Waals surface area contributed by atoms with E-state index in [9.17, 15) is 19.5 Å². The molecule has 5 rings (SSSR count). The normalized spacial score (nSPS) is 11.6. The minimum Gasteiger partial charge on any atom is -0.492 e. The molecule has 0 saturated heterocycles. The lowest BCUT2D eigenvalue weighted by Gasteiger charge is -2.22. The van der Waals surface area contributed by atoms with Gasteiger partial charge in [-0.2, -0.15) is 11.3 Å². The molecule has 7 nitrogen and oxygen atoms in total. The minimum atomic E-state index is -1.03. The second-order valence-corrected chi connectivity index (χ2v) is 11.4. The number of carbonyl (C=O) groups is 3. The number of anilines is 1. The van der Waals surface area contributed by atoms with Gasteiger partial charge in [0.15, 0.2) is 5.78 Å². The zero-order chi connectivity index (χ0) is 32.1. The first kappa shape index (κ1) is 31.9. The summed E-state index contributed by atoms with van der Waals surface area (Å²) in [5.41, 5.74) is 4.20. The number of carbonyl (C=O) groups excluding carboxylic acids is 2. The van der Waals surface area contributed by atoms with Crippen LogP contribution in [0.25, 0.3) is 6.08 Å². The Morgan fingerprint density at radius 1 is 0.826 bits per heavy atom. The molecule has 0 aliphatic carbocycles. The van der Waals surface area contributed by atoms with Gasteiger partial charge in [0.2, 0.25) is 5.91 Å². The minimum absolute atomic E-state index is 0.103. The van der Waals surface area contributed by atoms with Gasteiger partial charge in [-0.3, -0.25) is 9.59 Å². The molecule has 0 aliphatic rings. The number of carboxylic acid groups (broad SMARTS) is 1. The van der Waals surface area contributed by atoms with E-state index in [2.05, 4.69) is 5.32 Å². The van der Waals surface area contributed by atoms with Crippen LogP contribution in [-0.2, 0) is 22.6 Å². The van der Waals surface area contributed by atoms with Crippen molar-refractivity contribution >= 4 is 40.8 Å². The SMILES string of the molecule is O=C(c1ccccc1)c1ccccc1N[C@@H](Cc1ccc(OCCN(Cc2ccccc2)C(=O)/C=C/c2ccsc2)cc1)C(=O)O. The third-order valence-electron chi connectivity index (χ3n) is 7.32. The van der Waals surface area contributed by atoms with Gasteiger partial charge in [0, 0.05) is 35.9 Å². The molecule has 0 bridgehead atoms. The number of nitrogens with zero attached hydrogens (tertiary/aromatic N) is 1. The number of aliphatic carboxylic acids is 1. The van der Waals surface area contributed by atoms with E-state index in [-0.39, 0.29) is 24.7 Å². The van der Waals surface area contributed by atoms with E-state index >= 15 is 0 Å². The van der Waals surface area contributed by atoms with E-state index in [0.717, 1.165) is 16.7 Å². The lowest BCUT2D eigenvalue weighted by atomic mass is 10.00. The average Bonchev–Trinajstić information content (AvgIpc) is 3.62. The Morgan fingerprint density at radius 2 is 1.52 bits per heavy atom. The van der Waals surface area contributed by atoms with Gasteiger partial charge in [0.1, 0.15) is 18.4 Å². The highest BCUT2D eigenvalue weighted by molar-refractivity contribution is 7.08. The molecule has 4 aromatic carbocycles. The topological polar surface area (TPSA) is 95.9 Å². The Labute approximate surface area is 272 Å². The van der Waals surface area contributed by atoms with Crippen molar-refractivity contribution in [3.8, 4) is 5.75 Å². The molecule has 1 amide bonds. The number of thiophene rings is 1. The number of hydrogen-bond acceptors (Lipinski definition) is 6. The van der Waals surface area contributed by atoms with E-state index in [4.69, 9.17) is 4.74 Å². The van der Waals surface area contributed by atoms with Crippen LogP contribution in [0.5, 0.6) is 5.75 Å². The van der Waals surface area contributed by atoms with Crippen molar-refractivity contribution in [1.29, 1.82) is 0 Å². The van der Waals surface area contributed by atoms with Gasteiger partial charge in [-0.25, -0.2) is 4.79 Å². The number of carboxylic acids is 1. The molecule has 0 unspecified atom stereocenters. The monoisotopic (exact) mass is 630 g/mol. The van der Waals surface area contributed by atoms with E-state index < -0.39 is 12.0 Å². The van der Waals surface area contributed by atoms with Crippen LogP contribution >= 0.6 is 11.3 Å². The first-order valence-corrected chi connectivity index (χ1v) is 15.8. The van der Waals surface area contributed by atoms with E-state index in [1.54, 1.807) is 83.0 Å². The number of ether oxygens (including phenoxy) is 1. The zero-order valence-electron chi connectivity index (χ0n) is 25.1. The highest BCUT2D eigenvalue weighted by Crippen LogP contribution is 2.22. The molecule has 1 aromatic heterocycles. The Kier molecular flexibility index (Phi) is 11.1. The molecule has 2 N–H and O–H groups in total. The first-order chi connectivity index (χ1) is 22.5. The molecule has 0 aliphatic heterocycles. The predicted molar refractivity (Wildman–Crippen MR) is 182 cm³/mol. The van der Waals surface area contributed by atoms with Crippen molar-refractivity contribution in [2.24, 2.45) is 0 Å². The van der Waals surface area contributed by atoms with Gasteiger partial charge in [0.05, 0.1) is 6.54 Å². The number of benzene rings is 4. The van der Waals surface area contributed by atoms with Gasteiger partial charge >= 0.3 is 5.97 Å². The molecular formula is C38H34N2O5S. The number of ketones is 1. The summed E-state index contributed by atoms with van der Waals surface area (Å²) in [5, 5.41) is 17.0. The van der Waals surface area contributed by atoms with Crippen LogP contribution < -0.4 is 10.1 Å². The lowest BCUT2D eigenvalue weighted by Crippen LogP contribution is -2.33. The lowest BCUT2D eigenvalue weighted by molar-refractivity contribution is -0.137. The fourth-order valence-corrected chi connectivity index (χ4v) is 5.51. The number of para-hydroxylation sites is 1. The maximum Gasteiger partial charge on any atom is 0.326 e. The molecule has 232 valence electrons. The summed E-state index contributed by atoms with van der Waals surface area (Å²) in [7, 11) is 0. The molecule has 0 saturated carbocycles. The van der Waals surface area contributed by atoms with Crippen LogP contribution in [0.3, 0.4) is 0 Å². The third-order valence-corrected chi connectivity index (χ3v) is 8.02. The third kappa shape index (κ3) is 9.03. The van der Waals surface area contributed by atoms with Gasteiger partial charge in [-0.15, -0.1) is 0 Å². The Bertz CT molecular complexity index is 1750. The van der Waals surface area contributed by atoms with Crippen molar-refractivity contribution in [3.05, 3.63) is 160 Å². The maximum absolute atomic E-state index is 13.1. The summed E-state index contributed by atoms with van der Waals surface area (Å²) in [6, 6.07) is 33.9. The highest BCUT2D eigenvalue weighted by Gasteiger charge is 2.21. The molecule has 5 aromatic rings. The summed E-state index contributed by atoms with van der Waals surface area (Å²) in [6.45, 7) is 1.13. The standard InChI is InChI=1S/C38H34N2O5S/c41-36(20-17-30-21-24-46-27-30)40(26-29-9-3-1-4-10-29)22-23-45-32-18-15-28(16-19-32)25-35(38(43)44)39-34-14-8-7-13-33(34)37(42)31-11-5-2-6-12-31/h1-21,24,27,35,39H,22-23,25-26H2,(H,43,44)/b20-17+/t35-/m0/s1. The summed E-state index contributed by atoms with van der Waals surface area (Å²) in [6.07, 6.45) is 3.59. The Morgan fingerprint density at radius 3 is 2.22 bits per heavy atom. The van der Waals surface area contributed by atoms with Gasteiger partial charge in [-0.05, 0) is 63.9 Å². The van der Waals surface area contributed by atoms with Crippen LogP contribution in [0.4, 0.5) is 5.69 Å². The molecule has 0 spiro atoms. The fraction of sp³-hybridized carbons (Fsp3) is 0.132. The largest absolute Gasteiger partial charge is 0.492 e. The van der Waals surface area contributed by atoms with Crippen molar-refractivity contribution in [2.75, 3.05) is 18.5 Å². The Balaban J connectivity index is 1.19. The number of nitrogens with one attached hydrogen (secondary N) is 1. The van der Waals surface area contributed by atoms with Crippen molar-refractivity contribution < 1.29 is 24.2 Å². The quantitative estimate of drug-likeness (QED) is 0.0938. The van der Waals surface area contributed by atoms with E-state index in [1.165, 1.54) is 0 Å². The summed E-state index contributed by atoms with van der Waals surface area (Å²) in [5.74, 6) is -0.702. The van der Waals surface area contributed by atoms with Crippen LogP contribution in [0, 0.1) is 0 Å². The molecule has 46 heavy (non-hydrogen) atoms. The molecule has 0 radical (unpaired) electrons. The molecule has 1 heterocycles. The average molecular weight is 631 g/mol. The summed E-state index contributed by atoms with van der Waals surface area (Å²) in [4.78, 5) is 40.2. The highest BCUT2D eigenvalue weighted by atomic mass is 32.1. The molecule has 1 atom stereocenters. The summed E-state index contributed by atoms with van der Waals surface area (Å²) < 4.78 is 5.98. The van der Waals surface area contributed by atoms with Crippen molar-refractivity contribution in [2.45, 2.75) is 19.0 Å². The van der Waals surface area contributed by atoms with Gasteiger partial charge in [0.25, 0.3) is 0 Å².